The molecule has 10 atom stereocenters. The van der Waals surface area contributed by atoms with Gasteiger partial charge in [-0.2, -0.15) is 0 Å². The smallest absolute Gasteiger partial charge is 0.338 e. The molecule has 328 valence electrons. The third-order valence-electron chi connectivity index (χ3n) is 10.4. The Labute approximate surface area is 362 Å². The summed E-state index contributed by atoms with van der Waals surface area (Å²) < 4.78 is 54.3. The van der Waals surface area contributed by atoms with Gasteiger partial charge in [-0.05, 0) is 73.2 Å². The predicted octanol–water partition coefficient (Wildman–Crippen LogP) is 5.32. The van der Waals surface area contributed by atoms with Crippen molar-refractivity contribution in [1.29, 1.82) is 0 Å². The third kappa shape index (κ3) is 11.1. The van der Waals surface area contributed by atoms with Crippen LogP contribution >= 0.6 is 0 Å². The highest BCUT2D eigenvalue weighted by atomic mass is 16.8. The van der Waals surface area contributed by atoms with Crippen molar-refractivity contribution in [3.8, 4) is 5.75 Å². The summed E-state index contributed by atoms with van der Waals surface area (Å²) in [7, 11) is 1.54. The van der Waals surface area contributed by atoms with Crippen molar-refractivity contribution < 1.29 is 72.0 Å². The van der Waals surface area contributed by atoms with Crippen LogP contribution in [0.3, 0.4) is 0 Å². The Kier molecular flexibility index (Phi) is 14.9. The Bertz CT molecular complexity index is 2260. The van der Waals surface area contributed by atoms with Crippen molar-refractivity contribution in [3.05, 3.63) is 173 Å². The number of hydrogen-bond donors (Lipinski definition) is 2. The Morgan fingerprint density at radius 3 is 1.49 bits per heavy atom. The molecule has 2 heterocycles. The third-order valence-corrected chi connectivity index (χ3v) is 10.4. The quantitative estimate of drug-likeness (QED) is 0.101. The number of carbonyl (C=O) groups is 4. The molecule has 15 nitrogen and oxygen atoms in total. The molecule has 15 heteroatoms. The average Bonchev–Trinajstić information content (AvgIpc) is 3.32. The molecule has 2 aliphatic rings. The molecule has 0 aromatic heterocycles. The van der Waals surface area contributed by atoms with Crippen LogP contribution in [0, 0.1) is 0 Å². The lowest BCUT2D eigenvalue weighted by molar-refractivity contribution is -0.355. The van der Waals surface area contributed by atoms with Crippen LogP contribution in [-0.4, -0.2) is 109 Å². The second-order valence-corrected chi connectivity index (χ2v) is 14.7. The van der Waals surface area contributed by atoms with E-state index in [-0.39, 0.29) is 28.9 Å². The topological polar surface area (TPSA) is 192 Å². The van der Waals surface area contributed by atoms with Gasteiger partial charge in [-0.3, -0.25) is 0 Å². The Balaban J connectivity index is 1.29. The van der Waals surface area contributed by atoms with Crippen LogP contribution in [0.5, 0.6) is 5.75 Å². The highest BCUT2D eigenvalue weighted by Gasteiger charge is 2.56. The molecule has 0 bridgehead atoms. The van der Waals surface area contributed by atoms with Crippen molar-refractivity contribution in [2.75, 3.05) is 13.7 Å². The number of rotatable bonds is 15. The first-order valence-corrected chi connectivity index (χ1v) is 20.2. The van der Waals surface area contributed by atoms with Gasteiger partial charge in [-0.25, -0.2) is 19.2 Å². The van der Waals surface area contributed by atoms with E-state index in [0.29, 0.717) is 5.75 Å². The molecule has 0 unspecified atom stereocenters. The molecule has 7 rings (SSSR count). The van der Waals surface area contributed by atoms with Crippen LogP contribution in [0.4, 0.5) is 0 Å². The van der Waals surface area contributed by atoms with E-state index in [2.05, 4.69) is 0 Å². The zero-order valence-electron chi connectivity index (χ0n) is 34.2. The first kappa shape index (κ1) is 44.6. The molecule has 0 amide bonds. The second-order valence-electron chi connectivity index (χ2n) is 14.7. The van der Waals surface area contributed by atoms with E-state index >= 15 is 0 Å². The molecule has 2 saturated heterocycles. The zero-order chi connectivity index (χ0) is 44.3. The maximum atomic E-state index is 14.0. The summed E-state index contributed by atoms with van der Waals surface area (Å²) in [6.07, 6.45) is -15.4. The van der Waals surface area contributed by atoms with E-state index in [0.717, 1.165) is 5.56 Å². The average molecular weight is 863 g/mol. The van der Waals surface area contributed by atoms with Crippen molar-refractivity contribution in [2.45, 2.75) is 74.9 Å². The molecule has 0 spiro atoms. The van der Waals surface area contributed by atoms with Gasteiger partial charge in [0.15, 0.2) is 30.9 Å². The van der Waals surface area contributed by atoms with E-state index < -0.39 is 91.9 Å². The van der Waals surface area contributed by atoms with E-state index in [4.69, 9.17) is 42.6 Å². The Hall–Kier alpha value is -6.46. The van der Waals surface area contributed by atoms with Crippen LogP contribution in [0.1, 0.15) is 53.9 Å². The number of benzene rings is 5. The molecule has 0 radical (unpaired) electrons. The maximum Gasteiger partial charge on any atom is 0.338 e. The van der Waals surface area contributed by atoms with Crippen molar-refractivity contribution in [1.82, 2.24) is 0 Å². The highest BCUT2D eigenvalue weighted by Crippen LogP contribution is 2.35. The lowest BCUT2D eigenvalue weighted by Crippen LogP contribution is -2.66. The molecule has 63 heavy (non-hydrogen) atoms. The summed E-state index contributed by atoms with van der Waals surface area (Å²) >= 11 is 0. The molecule has 5 aromatic carbocycles. The Morgan fingerprint density at radius 2 is 1.00 bits per heavy atom. The monoisotopic (exact) mass is 862 g/mol. The van der Waals surface area contributed by atoms with Gasteiger partial charge in [-0.1, -0.05) is 84.9 Å². The molecule has 5 aromatic rings. The van der Waals surface area contributed by atoms with E-state index in [1.54, 1.807) is 111 Å². The van der Waals surface area contributed by atoms with Gasteiger partial charge in [0.1, 0.15) is 36.8 Å². The van der Waals surface area contributed by atoms with Gasteiger partial charge < -0.3 is 52.8 Å². The summed E-state index contributed by atoms with van der Waals surface area (Å²) in [5.41, 5.74) is 1.23. The molecule has 2 aliphatic heterocycles. The van der Waals surface area contributed by atoms with Crippen molar-refractivity contribution >= 4 is 23.9 Å². The molecule has 0 aliphatic carbocycles. The molecule has 2 N–H and O–H groups in total. The Morgan fingerprint density at radius 1 is 0.540 bits per heavy atom. The molecular formula is C48H46O15. The summed E-state index contributed by atoms with van der Waals surface area (Å²) in [6, 6.07) is 38.9. The first-order valence-electron chi connectivity index (χ1n) is 20.2. The van der Waals surface area contributed by atoms with Gasteiger partial charge >= 0.3 is 23.9 Å². The minimum absolute atomic E-state index is 0.00410. The summed E-state index contributed by atoms with van der Waals surface area (Å²) in [5, 5.41) is 22.4. The maximum absolute atomic E-state index is 14.0. The number of carbonyl (C=O) groups excluding carboxylic acids is 4. The number of aliphatic hydroxyl groups excluding tert-OH is 2. The van der Waals surface area contributed by atoms with E-state index in [1.807, 2.05) is 0 Å². The standard InChI is InChI=1S/C48H46O15/c1-29-38(56-27-30-23-25-35(55-2)26-24-30)40(37(49)47(54)58-29)63-48-42(62-46(53)34-21-13-6-14-22-34)41(61-45(52)33-19-11-5-12-20-33)39(60-44(51)32-17-9-4-10-18-32)36(59-48)28-57-43(50)31-15-7-3-8-16-31/h3-26,29,36-42,47-49,54H,27-28H2,1-2H3/t29-,36+,37+,38-,39-,40-,41-,42+,47+,48-/m0/s1. The normalized spacial score (nSPS) is 25.5. The first-order chi connectivity index (χ1) is 30.6. The van der Waals surface area contributed by atoms with E-state index in [1.165, 1.54) is 48.5 Å². The minimum Gasteiger partial charge on any atom is -0.497 e. The van der Waals surface area contributed by atoms with Crippen LogP contribution in [-0.2, 0) is 44.5 Å². The second kappa shape index (κ2) is 21.1. The number of methoxy groups -OCH3 is 1. The molecule has 0 saturated carbocycles. The van der Waals surface area contributed by atoms with Crippen LogP contribution in [0.15, 0.2) is 146 Å². The lowest BCUT2D eigenvalue weighted by atomic mass is 9.96. The number of aliphatic hydroxyl groups is 2. The van der Waals surface area contributed by atoms with Crippen molar-refractivity contribution in [3.63, 3.8) is 0 Å². The van der Waals surface area contributed by atoms with Crippen LogP contribution in [0.2, 0.25) is 0 Å². The largest absolute Gasteiger partial charge is 0.497 e. The fourth-order valence-electron chi connectivity index (χ4n) is 7.10. The minimum atomic E-state index is -1.79. The SMILES string of the molecule is COc1ccc(CO[C@@H]2[C@@H](O[C@@H]3O[C@H](COC(=O)c4ccccc4)[C@H](OC(=O)c4ccccc4)[C@H](OC(=O)c4ccccc4)[C@H]3OC(=O)c3ccccc3)[C@@H](O)[C@H](O)O[C@H]2C)cc1. The van der Waals surface area contributed by atoms with Crippen LogP contribution < -0.4 is 4.74 Å². The predicted molar refractivity (Wildman–Crippen MR) is 221 cm³/mol. The fraction of sp³-hybridized carbons (Fsp3) is 0.292. The van der Waals surface area contributed by atoms with Gasteiger partial charge in [0.25, 0.3) is 0 Å². The summed E-state index contributed by atoms with van der Waals surface area (Å²) in [5.74, 6) is -2.82. The van der Waals surface area contributed by atoms with Gasteiger partial charge in [0.05, 0.1) is 42.1 Å². The van der Waals surface area contributed by atoms with Gasteiger partial charge in [0, 0.05) is 0 Å². The number of esters is 4. The van der Waals surface area contributed by atoms with Gasteiger partial charge in [-0.15, -0.1) is 0 Å². The highest BCUT2D eigenvalue weighted by molar-refractivity contribution is 5.91. The summed E-state index contributed by atoms with van der Waals surface area (Å²) in [6.45, 7) is 0.996. The zero-order valence-corrected chi connectivity index (χ0v) is 34.2. The number of hydrogen-bond acceptors (Lipinski definition) is 15. The van der Waals surface area contributed by atoms with Crippen molar-refractivity contribution in [2.24, 2.45) is 0 Å². The van der Waals surface area contributed by atoms with Gasteiger partial charge in [0.2, 0.25) is 0 Å². The fourth-order valence-corrected chi connectivity index (χ4v) is 7.10. The lowest BCUT2D eigenvalue weighted by Gasteiger charge is -2.47. The molecule has 2 fully saturated rings. The van der Waals surface area contributed by atoms with Crippen LogP contribution in [0.25, 0.3) is 0 Å². The summed E-state index contributed by atoms with van der Waals surface area (Å²) in [4.78, 5) is 55.3. The number of ether oxygens (including phenoxy) is 9. The van der Waals surface area contributed by atoms with E-state index in [9.17, 15) is 29.4 Å². The molecular weight excluding hydrogens is 817 g/mol.